The summed E-state index contributed by atoms with van der Waals surface area (Å²) in [7, 11) is 1.64. The van der Waals surface area contributed by atoms with Crippen molar-refractivity contribution in [3.63, 3.8) is 0 Å². The second-order valence-electron chi connectivity index (χ2n) is 4.92. The molecule has 2 N–H and O–H groups in total. The summed E-state index contributed by atoms with van der Waals surface area (Å²) in [4.78, 5) is 1.94. The maximum absolute atomic E-state index is 9.04. The molecule has 0 aliphatic rings. The van der Waals surface area contributed by atoms with Crippen LogP contribution < -0.4 is 4.74 Å². The molecular formula is C15H24ClNO3. The number of rotatable bonds is 8. The van der Waals surface area contributed by atoms with Crippen LogP contribution in [0, 0.1) is 13.8 Å². The minimum absolute atomic E-state index is 0.0492. The molecule has 20 heavy (non-hydrogen) atoms. The molecule has 0 radical (unpaired) electrons. The molecule has 1 rings (SSSR count). The number of aryl methyl sites for hydroxylation is 2. The molecule has 1 atom stereocenters. The number of methoxy groups -OCH3 is 1. The van der Waals surface area contributed by atoms with Gasteiger partial charge < -0.3 is 14.9 Å². The van der Waals surface area contributed by atoms with Gasteiger partial charge in [0.25, 0.3) is 0 Å². The van der Waals surface area contributed by atoms with Gasteiger partial charge in [-0.25, -0.2) is 0 Å². The molecule has 114 valence electrons. The van der Waals surface area contributed by atoms with Crippen LogP contribution in [0.3, 0.4) is 0 Å². The van der Waals surface area contributed by atoms with Crippen LogP contribution in [-0.2, 0) is 0 Å². The minimum Gasteiger partial charge on any atom is -0.496 e. The Bertz CT molecular complexity index is 420. The van der Waals surface area contributed by atoms with E-state index in [1.807, 2.05) is 24.8 Å². The summed E-state index contributed by atoms with van der Waals surface area (Å²) in [5.74, 6) is 0.809. The van der Waals surface area contributed by atoms with Crippen molar-refractivity contribution in [2.45, 2.75) is 19.2 Å². The third kappa shape index (κ3) is 4.63. The van der Waals surface area contributed by atoms with Gasteiger partial charge in [0.05, 0.1) is 25.7 Å². The van der Waals surface area contributed by atoms with Crippen LogP contribution in [0.15, 0.2) is 12.1 Å². The molecule has 0 fully saturated rings. The van der Waals surface area contributed by atoms with E-state index in [2.05, 4.69) is 6.07 Å². The van der Waals surface area contributed by atoms with Gasteiger partial charge in [-0.1, -0.05) is 17.7 Å². The van der Waals surface area contributed by atoms with Gasteiger partial charge in [0.1, 0.15) is 5.75 Å². The fourth-order valence-electron chi connectivity index (χ4n) is 2.40. The van der Waals surface area contributed by atoms with Crippen molar-refractivity contribution in [1.29, 1.82) is 0 Å². The minimum atomic E-state index is -0.248. The second-order valence-corrected chi connectivity index (χ2v) is 5.45. The molecule has 0 aromatic heterocycles. The summed E-state index contributed by atoms with van der Waals surface area (Å²) in [6.45, 7) is 5.67. The predicted octanol–water partition coefficient (Wildman–Crippen LogP) is 1.88. The number of benzene rings is 1. The van der Waals surface area contributed by atoms with Gasteiger partial charge in [0, 0.05) is 25.2 Å². The number of halogens is 1. The maximum atomic E-state index is 9.04. The number of aliphatic hydroxyl groups excluding tert-OH is 2. The molecular weight excluding hydrogens is 278 g/mol. The van der Waals surface area contributed by atoms with E-state index in [0.717, 1.165) is 22.4 Å². The quantitative estimate of drug-likeness (QED) is 0.720. The smallest absolute Gasteiger partial charge is 0.126 e. The lowest BCUT2D eigenvalue weighted by atomic mass is 10.0. The summed E-state index contributed by atoms with van der Waals surface area (Å²) in [5.41, 5.74) is 3.15. The molecule has 0 saturated heterocycles. The van der Waals surface area contributed by atoms with Crippen LogP contribution in [0.1, 0.15) is 22.1 Å². The Hall–Kier alpha value is -0.810. The molecule has 0 saturated carbocycles. The van der Waals surface area contributed by atoms with Crippen LogP contribution in [0.4, 0.5) is 0 Å². The van der Waals surface area contributed by atoms with Crippen molar-refractivity contribution >= 4 is 11.6 Å². The van der Waals surface area contributed by atoms with E-state index >= 15 is 0 Å². The van der Waals surface area contributed by atoms with Gasteiger partial charge in [0.2, 0.25) is 0 Å². The lowest BCUT2D eigenvalue weighted by Crippen LogP contribution is -2.32. The average Bonchev–Trinajstić information content (AvgIpc) is 2.38. The normalized spacial score (nSPS) is 12.8. The molecule has 0 aliphatic carbocycles. The summed E-state index contributed by atoms with van der Waals surface area (Å²) in [6, 6.07) is 4.09. The standard InChI is InChI=1S/C15H24ClNO3/c1-11-8-12(2)15(20-3)13(9-11)14(16)10-17(4-6-18)5-7-19/h8-9,14,18-19H,4-7,10H2,1-3H3. The molecule has 5 heteroatoms. The van der Waals surface area contributed by atoms with Crippen LogP contribution >= 0.6 is 11.6 Å². The Kier molecular flexibility index (Phi) is 7.30. The number of nitrogens with zero attached hydrogens (tertiary/aromatic N) is 1. The molecule has 1 aromatic carbocycles. The van der Waals surface area contributed by atoms with E-state index in [-0.39, 0.29) is 18.6 Å². The maximum Gasteiger partial charge on any atom is 0.126 e. The summed E-state index contributed by atoms with van der Waals surface area (Å²) in [6.07, 6.45) is 0. The molecule has 0 heterocycles. The number of ether oxygens (including phenoxy) is 1. The summed E-state index contributed by atoms with van der Waals surface area (Å²) >= 11 is 6.52. The fraction of sp³-hybridized carbons (Fsp3) is 0.600. The van der Waals surface area contributed by atoms with Crippen molar-refractivity contribution in [2.24, 2.45) is 0 Å². The first kappa shape index (κ1) is 17.2. The van der Waals surface area contributed by atoms with E-state index in [1.54, 1.807) is 7.11 Å². The van der Waals surface area contributed by atoms with Gasteiger partial charge in [0.15, 0.2) is 0 Å². The topological polar surface area (TPSA) is 52.9 Å². The predicted molar refractivity (Wildman–Crippen MR) is 81.7 cm³/mol. The number of alkyl halides is 1. The van der Waals surface area contributed by atoms with Crippen LogP contribution in [-0.4, -0.2) is 55.1 Å². The van der Waals surface area contributed by atoms with Crippen molar-refractivity contribution < 1.29 is 14.9 Å². The lowest BCUT2D eigenvalue weighted by Gasteiger charge is -2.25. The zero-order chi connectivity index (χ0) is 15.1. The van der Waals surface area contributed by atoms with E-state index in [1.165, 1.54) is 0 Å². The Morgan fingerprint density at radius 2 is 1.80 bits per heavy atom. The first-order valence-electron chi connectivity index (χ1n) is 6.76. The highest BCUT2D eigenvalue weighted by molar-refractivity contribution is 6.21. The first-order valence-corrected chi connectivity index (χ1v) is 7.20. The lowest BCUT2D eigenvalue weighted by molar-refractivity contribution is 0.161. The number of hydrogen-bond acceptors (Lipinski definition) is 4. The molecule has 0 aliphatic heterocycles. The number of aliphatic hydroxyl groups is 2. The average molecular weight is 302 g/mol. The second kappa shape index (κ2) is 8.47. The Labute approximate surface area is 125 Å². The third-order valence-corrected chi connectivity index (χ3v) is 3.61. The summed E-state index contributed by atoms with van der Waals surface area (Å²) in [5, 5.41) is 17.8. The monoisotopic (exact) mass is 301 g/mol. The van der Waals surface area contributed by atoms with Crippen LogP contribution in [0.25, 0.3) is 0 Å². The summed E-state index contributed by atoms with van der Waals surface area (Å²) < 4.78 is 5.45. The van der Waals surface area contributed by atoms with Crippen molar-refractivity contribution in [1.82, 2.24) is 4.90 Å². The van der Waals surface area contributed by atoms with Crippen LogP contribution in [0.5, 0.6) is 5.75 Å². The van der Waals surface area contributed by atoms with Gasteiger partial charge in [-0.05, 0) is 19.4 Å². The Morgan fingerprint density at radius 1 is 1.20 bits per heavy atom. The van der Waals surface area contributed by atoms with E-state index in [4.69, 9.17) is 26.6 Å². The van der Waals surface area contributed by atoms with Gasteiger partial charge in [-0.2, -0.15) is 0 Å². The molecule has 0 spiro atoms. The molecule has 0 bridgehead atoms. The highest BCUT2D eigenvalue weighted by atomic mass is 35.5. The van der Waals surface area contributed by atoms with Crippen LogP contribution in [0.2, 0.25) is 0 Å². The zero-order valence-corrected chi connectivity index (χ0v) is 13.2. The molecule has 1 unspecified atom stereocenters. The molecule has 1 aromatic rings. The highest BCUT2D eigenvalue weighted by Crippen LogP contribution is 2.34. The Morgan fingerprint density at radius 3 is 2.30 bits per heavy atom. The van der Waals surface area contributed by atoms with E-state index in [0.29, 0.717) is 19.6 Å². The van der Waals surface area contributed by atoms with Crippen molar-refractivity contribution in [3.05, 3.63) is 28.8 Å². The van der Waals surface area contributed by atoms with Crippen molar-refractivity contribution in [3.8, 4) is 5.75 Å². The van der Waals surface area contributed by atoms with Gasteiger partial charge in [-0.3, -0.25) is 4.90 Å². The fourth-order valence-corrected chi connectivity index (χ4v) is 2.76. The first-order chi connectivity index (χ1) is 9.53. The van der Waals surface area contributed by atoms with Crippen molar-refractivity contribution in [2.75, 3.05) is 40.0 Å². The van der Waals surface area contributed by atoms with Gasteiger partial charge in [-0.15, -0.1) is 11.6 Å². The van der Waals surface area contributed by atoms with Gasteiger partial charge >= 0.3 is 0 Å². The zero-order valence-electron chi connectivity index (χ0n) is 12.4. The van der Waals surface area contributed by atoms with E-state index < -0.39 is 0 Å². The SMILES string of the molecule is COc1c(C)cc(C)cc1C(Cl)CN(CCO)CCO. The highest BCUT2D eigenvalue weighted by Gasteiger charge is 2.19. The van der Waals surface area contributed by atoms with E-state index in [9.17, 15) is 0 Å². The molecule has 0 amide bonds. The largest absolute Gasteiger partial charge is 0.496 e. The Balaban J connectivity index is 2.92. The number of hydrogen-bond donors (Lipinski definition) is 2. The third-order valence-electron chi connectivity index (χ3n) is 3.24. The molecule has 4 nitrogen and oxygen atoms in total.